The SMILES string of the molecule is c1ccc(-c2nc(-n3c4cc5c(cc4c4ccc6ccccc6c43)C3(c4ccccc4-c4ccccc43)c3ccc4ccccc4c3-5)nc3ccc4ccccc4c23)cc1. The van der Waals surface area contributed by atoms with E-state index in [4.69, 9.17) is 9.97 Å². The Labute approximate surface area is 345 Å². The van der Waals surface area contributed by atoms with E-state index in [9.17, 15) is 0 Å². The zero-order valence-corrected chi connectivity index (χ0v) is 32.4. The number of rotatable bonds is 2. The number of hydrogen-bond acceptors (Lipinski definition) is 2. The smallest absolute Gasteiger partial charge is 0.235 e. The summed E-state index contributed by atoms with van der Waals surface area (Å²) in [5, 5.41) is 10.6. The van der Waals surface area contributed by atoms with Crippen LogP contribution in [0, 0.1) is 0 Å². The van der Waals surface area contributed by atoms with Gasteiger partial charge in [0.25, 0.3) is 0 Å². The van der Waals surface area contributed by atoms with Crippen molar-refractivity contribution < 1.29 is 0 Å². The second-order valence-corrected chi connectivity index (χ2v) is 16.4. The highest BCUT2D eigenvalue weighted by Gasteiger charge is 2.52. The Kier molecular flexibility index (Phi) is 6.22. The lowest BCUT2D eigenvalue weighted by Crippen LogP contribution is -2.25. The van der Waals surface area contributed by atoms with Gasteiger partial charge < -0.3 is 0 Å². The lowest BCUT2D eigenvalue weighted by molar-refractivity contribution is 0.795. The van der Waals surface area contributed by atoms with Crippen molar-refractivity contribution in [2.75, 3.05) is 0 Å². The van der Waals surface area contributed by atoms with Crippen molar-refractivity contribution in [1.82, 2.24) is 14.5 Å². The lowest BCUT2D eigenvalue weighted by atomic mass is 9.70. The van der Waals surface area contributed by atoms with E-state index in [2.05, 4.69) is 205 Å². The fourth-order valence-corrected chi connectivity index (χ4v) is 11.2. The van der Waals surface area contributed by atoms with Crippen molar-refractivity contribution in [3.8, 4) is 39.5 Å². The molecule has 0 bridgehead atoms. The summed E-state index contributed by atoms with van der Waals surface area (Å²) in [6.45, 7) is 0. The van der Waals surface area contributed by atoms with Gasteiger partial charge in [-0.2, -0.15) is 0 Å². The second-order valence-electron chi connectivity index (χ2n) is 16.4. The molecule has 2 aromatic heterocycles. The third-order valence-corrected chi connectivity index (χ3v) is 13.6. The average molecular weight is 760 g/mol. The molecule has 2 heterocycles. The number of hydrogen-bond donors (Lipinski definition) is 0. The summed E-state index contributed by atoms with van der Waals surface area (Å²) in [5.74, 6) is 0.662. The van der Waals surface area contributed by atoms with E-state index in [-0.39, 0.29) is 0 Å². The largest absolute Gasteiger partial charge is 0.277 e. The number of nitrogens with zero attached hydrogens (tertiary/aromatic N) is 3. The zero-order valence-electron chi connectivity index (χ0n) is 32.4. The fourth-order valence-electron chi connectivity index (χ4n) is 11.2. The lowest BCUT2D eigenvalue weighted by Gasteiger charge is -2.30. The first kappa shape index (κ1) is 32.1. The van der Waals surface area contributed by atoms with Crippen LogP contribution in [0.5, 0.6) is 0 Å². The highest BCUT2D eigenvalue weighted by Crippen LogP contribution is 2.64. The van der Waals surface area contributed by atoms with Gasteiger partial charge in [0.1, 0.15) is 0 Å². The molecule has 10 aromatic carbocycles. The highest BCUT2D eigenvalue weighted by atomic mass is 15.2. The normalized spacial score (nSPS) is 13.5. The second kappa shape index (κ2) is 11.6. The Hall–Kier alpha value is -7.88. The van der Waals surface area contributed by atoms with Gasteiger partial charge in [0.05, 0.1) is 27.7 Å². The van der Waals surface area contributed by atoms with E-state index in [0.29, 0.717) is 5.95 Å². The van der Waals surface area contributed by atoms with E-state index in [1.807, 2.05) is 0 Å². The summed E-state index contributed by atoms with van der Waals surface area (Å²) >= 11 is 0. The molecule has 3 heteroatoms. The van der Waals surface area contributed by atoms with Crippen LogP contribution in [0.1, 0.15) is 22.3 Å². The van der Waals surface area contributed by atoms with E-state index in [0.717, 1.165) is 38.6 Å². The number of aromatic nitrogens is 3. The van der Waals surface area contributed by atoms with Crippen molar-refractivity contribution in [2.45, 2.75) is 5.41 Å². The maximum absolute atomic E-state index is 5.64. The fraction of sp³-hybridized carbons (Fsp3) is 0.0175. The van der Waals surface area contributed by atoms with Crippen LogP contribution in [0.4, 0.5) is 0 Å². The molecule has 0 amide bonds. The summed E-state index contributed by atoms with van der Waals surface area (Å²) in [6.07, 6.45) is 0. The first-order valence-corrected chi connectivity index (χ1v) is 20.7. The number of benzene rings is 10. The standard InChI is InChI=1S/C57H33N3/c1-2-17-37(18-3-1)54-53-39-20-8-5-15-35(39)28-31-50(53)58-56(59-54)60-51-33-45-49(32-44(51)43-29-26-36-16-6-9-21-40(36)55(43)60)57(48-30-27-34-14-4-7-19-38(34)52(45)48)46-24-12-10-22-41(46)42-23-11-13-25-47(42)57/h1-33H. The average Bonchev–Trinajstić information content (AvgIpc) is 3.92. The maximum atomic E-state index is 5.64. The predicted octanol–water partition coefficient (Wildman–Crippen LogP) is 14.2. The number of fused-ring (bicyclic) bond motifs is 20. The Balaban J connectivity index is 1.18. The first-order valence-electron chi connectivity index (χ1n) is 20.7. The summed E-state index contributed by atoms with van der Waals surface area (Å²) in [6, 6.07) is 73.6. The molecule has 0 N–H and O–H groups in total. The Bertz CT molecular complexity index is 3790. The van der Waals surface area contributed by atoms with Gasteiger partial charge in [-0.25, -0.2) is 9.97 Å². The first-order chi connectivity index (χ1) is 29.8. The van der Waals surface area contributed by atoms with Crippen molar-refractivity contribution in [1.29, 1.82) is 0 Å². The molecule has 0 saturated heterocycles. The Morgan fingerprint density at radius 2 is 0.983 bits per heavy atom. The van der Waals surface area contributed by atoms with E-state index < -0.39 is 5.41 Å². The van der Waals surface area contributed by atoms with Gasteiger partial charge in [0.2, 0.25) is 5.95 Å². The Morgan fingerprint density at radius 3 is 1.75 bits per heavy atom. The van der Waals surface area contributed by atoms with Crippen LogP contribution < -0.4 is 0 Å². The molecule has 3 nitrogen and oxygen atoms in total. The van der Waals surface area contributed by atoms with Crippen LogP contribution in [0.2, 0.25) is 0 Å². The molecule has 12 aromatic rings. The predicted molar refractivity (Wildman–Crippen MR) is 248 cm³/mol. The van der Waals surface area contributed by atoms with Gasteiger partial charge >= 0.3 is 0 Å². The van der Waals surface area contributed by atoms with Crippen LogP contribution in [-0.4, -0.2) is 14.5 Å². The molecule has 2 aliphatic rings. The molecule has 0 saturated carbocycles. The van der Waals surface area contributed by atoms with Crippen molar-refractivity contribution >= 4 is 65.0 Å². The molecule has 2 aliphatic carbocycles. The molecule has 1 spiro atoms. The van der Waals surface area contributed by atoms with Crippen LogP contribution in [0.3, 0.4) is 0 Å². The van der Waals surface area contributed by atoms with Crippen LogP contribution in [-0.2, 0) is 5.41 Å². The monoisotopic (exact) mass is 759 g/mol. The maximum Gasteiger partial charge on any atom is 0.235 e. The summed E-state index contributed by atoms with van der Waals surface area (Å²) < 4.78 is 2.36. The van der Waals surface area contributed by atoms with Gasteiger partial charge in [-0.1, -0.05) is 182 Å². The van der Waals surface area contributed by atoms with Gasteiger partial charge in [-0.05, 0) is 89.6 Å². The molecule has 14 rings (SSSR count). The molecule has 0 unspecified atom stereocenters. The van der Waals surface area contributed by atoms with Gasteiger partial charge in [-0.15, -0.1) is 0 Å². The molecule has 0 aliphatic heterocycles. The Morgan fingerprint density at radius 1 is 0.383 bits per heavy atom. The summed E-state index contributed by atoms with van der Waals surface area (Å²) in [5.41, 5.74) is 15.1. The molecular formula is C57H33N3. The molecule has 0 atom stereocenters. The van der Waals surface area contributed by atoms with E-state index >= 15 is 0 Å². The molecule has 60 heavy (non-hydrogen) atoms. The van der Waals surface area contributed by atoms with Gasteiger partial charge in [0, 0.05) is 27.1 Å². The van der Waals surface area contributed by atoms with E-state index in [1.54, 1.807) is 0 Å². The minimum Gasteiger partial charge on any atom is -0.277 e. The minimum absolute atomic E-state index is 0.484. The molecular weight excluding hydrogens is 727 g/mol. The molecule has 0 fully saturated rings. The third kappa shape index (κ3) is 3.99. The van der Waals surface area contributed by atoms with Crippen LogP contribution in [0.15, 0.2) is 200 Å². The van der Waals surface area contributed by atoms with Crippen LogP contribution >= 0.6 is 0 Å². The van der Waals surface area contributed by atoms with Crippen molar-refractivity contribution in [3.05, 3.63) is 222 Å². The quantitative estimate of drug-likeness (QED) is 0.164. The summed E-state index contributed by atoms with van der Waals surface area (Å²) in [7, 11) is 0. The summed E-state index contributed by atoms with van der Waals surface area (Å²) in [4.78, 5) is 11.2. The van der Waals surface area contributed by atoms with Crippen molar-refractivity contribution in [3.63, 3.8) is 0 Å². The topological polar surface area (TPSA) is 30.7 Å². The van der Waals surface area contributed by atoms with Crippen LogP contribution in [0.25, 0.3) is 104 Å². The molecule has 0 radical (unpaired) electrons. The van der Waals surface area contributed by atoms with Gasteiger partial charge in [-0.3, -0.25) is 4.57 Å². The van der Waals surface area contributed by atoms with Crippen molar-refractivity contribution in [2.24, 2.45) is 0 Å². The zero-order chi connectivity index (χ0) is 39.1. The third-order valence-electron chi connectivity index (χ3n) is 13.6. The molecule has 276 valence electrons. The van der Waals surface area contributed by atoms with Gasteiger partial charge in [0.15, 0.2) is 0 Å². The van der Waals surface area contributed by atoms with E-state index in [1.165, 1.54) is 82.2 Å². The highest BCUT2D eigenvalue weighted by molar-refractivity contribution is 6.21. The minimum atomic E-state index is -0.484.